The maximum atomic E-state index is 13.3. The monoisotopic (exact) mass is 252 g/mol. The smallest absolute Gasteiger partial charge is 0.165 e. The Morgan fingerprint density at radius 3 is 2.94 bits per heavy atom. The van der Waals surface area contributed by atoms with Crippen LogP contribution in [0.25, 0.3) is 0 Å². The van der Waals surface area contributed by atoms with E-state index < -0.39 is 0 Å². The fraction of sp³-hybridized carbons (Fsp3) is 0.571. The topological polar surface area (TPSA) is 24.5 Å². The number of ether oxygens (including phenoxy) is 1. The van der Waals surface area contributed by atoms with E-state index in [1.807, 2.05) is 0 Å². The van der Waals surface area contributed by atoms with E-state index in [0.29, 0.717) is 18.4 Å². The van der Waals surface area contributed by atoms with Gasteiger partial charge in [0.1, 0.15) is 6.61 Å². The molecule has 1 atom stereocenters. The molecule has 2 rings (SSSR count). The van der Waals surface area contributed by atoms with Gasteiger partial charge < -0.3 is 10.1 Å². The van der Waals surface area contributed by atoms with E-state index in [0.717, 1.165) is 26.2 Å². The zero-order valence-electron chi connectivity index (χ0n) is 10.9. The minimum Gasteiger partial charge on any atom is -0.489 e. The molecule has 3 nitrogen and oxygen atoms in total. The van der Waals surface area contributed by atoms with Crippen LogP contribution in [0.2, 0.25) is 0 Å². The van der Waals surface area contributed by atoms with Crippen molar-refractivity contribution in [2.45, 2.75) is 19.4 Å². The summed E-state index contributed by atoms with van der Waals surface area (Å²) in [5, 5.41) is 3.36. The van der Waals surface area contributed by atoms with Crippen LogP contribution in [0, 0.1) is 5.82 Å². The number of nitrogens with zero attached hydrogens (tertiary/aromatic N) is 1. The number of rotatable bonds is 6. The van der Waals surface area contributed by atoms with Gasteiger partial charge in [-0.1, -0.05) is 19.1 Å². The number of para-hydroxylation sites is 1. The molecule has 0 aromatic heterocycles. The van der Waals surface area contributed by atoms with Crippen LogP contribution in [-0.4, -0.2) is 43.7 Å². The van der Waals surface area contributed by atoms with Crippen molar-refractivity contribution in [3.8, 4) is 5.75 Å². The molecule has 1 aliphatic heterocycles. The van der Waals surface area contributed by atoms with Crippen LogP contribution in [0.4, 0.5) is 4.39 Å². The lowest BCUT2D eigenvalue weighted by Gasteiger charge is -2.26. The second kappa shape index (κ2) is 6.71. The van der Waals surface area contributed by atoms with E-state index in [-0.39, 0.29) is 5.82 Å². The summed E-state index contributed by atoms with van der Waals surface area (Å²) in [7, 11) is 0. The van der Waals surface area contributed by atoms with Crippen LogP contribution in [0.1, 0.15) is 13.3 Å². The van der Waals surface area contributed by atoms with Crippen LogP contribution in [-0.2, 0) is 0 Å². The van der Waals surface area contributed by atoms with Crippen LogP contribution in [0.5, 0.6) is 5.75 Å². The Morgan fingerprint density at radius 1 is 1.44 bits per heavy atom. The van der Waals surface area contributed by atoms with Crippen molar-refractivity contribution >= 4 is 0 Å². The van der Waals surface area contributed by atoms with Crippen molar-refractivity contribution in [1.29, 1.82) is 0 Å². The highest BCUT2D eigenvalue weighted by atomic mass is 19.1. The fourth-order valence-corrected chi connectivity index (χ4v) is 2.38. The lowest BCUT2D eigenvalue weighted by molar-refractivity contribution is 0.172. The van der Waals surface area contributed by atoms with Crippen molar-refractivity contribution < 1.29 is 9.13 Å². The molecule has 0 saturated carbocycles. The second-order valence-electron chi connectivity index (χ2n) is 4.55. The summed E-state index contributed by atoms with van der Waals surface area (Å²) in [6, 6.07) is 7.15. The first kappa shape index (κ1) is 13.3. The van der Waals surface area contributed by atoms with Crippen molar-refractivity contribution in [2.24, 2.45) is 0 Å². The third kappa shape index (κ3) is 3.43. The van der Waals surface area contributed by atoms with Crippen molar-refractivity contribution in [3.63, 3.8) is 0 Å². The first-order chi connectivity index (χ1) is 8.81. The number of hydrogen-bond donors (Lipinski definition) is 1. The maximum Gasteiger partial charge on any atom is 0.165 e. The maximum absolute atomic E-state index is 13.3. The molecular formula is C14H21FN2O. The van der Waals surface area contributed by atoms with Crippen LogP contribution in [0.3, 0.4) is 0 Å². The molecular weight excluding hydrogens is 231 g/mol. The molecule has 100 valence electrons. The van der Waals surface area contributed by atoms with E-state index in [1.165, 1.54) is 12.5 Å². The average Bonchev–Trinajstić information content (AvgIpc) is 2.90. The third-order valence-corrected chi connectivity index (χ3v) is 3.43. The molecule has 18 heavy (non-hydrogen) atoms. The van der Waals surface area contributed by atoms with Gasteiger partial charge in [-0.15, -0.1) is 0 Å². The minimum atomic E-state index is -0.289. The van der Waals surface area contributed by atoms with E-state index in [1.54, 1.807) is 18.2 Å². The van der Waals surface area contributed by atoms with Crippen molar-refractivity contribution in [1.82, 2.24) is 10.2 Å². The summed E-state index contributed by atoms with van der Waals surface area (Å²) in [6.45, 7) is 6.68. The predicted molar refractivity (Wildman–Crippen MR) is 70.4 cm³/mol. The molecule has 1 fully saturated rings. The largest absolute Gasteiger partial charge is 0.489 e. The standard InChI is InChI=1S/C14H21FN2O/c1-2-17(12-7-8-16-11-12)9-10-18-14-6-4-3-5-13(14)15/h3-6,12,16H,2,7-11H2,1H3. The highest BCUT2D eigenvalue weighted by Gasteiger charge is 2.20. The molecule has 1 unspecified atom stereocenters. The minimum absolute atomic E-state index is 0.289. The number of hydrogen-bond acceptors (Lipinski definition) is 3. The molecule has 0 spiro atoms. The summed E-state index contributed by atoms with van der Waals surface area (Å²) in [5.74, 6) is 0.0566. The Kier molecular flexibility index (Phi) is 4.96. The number of nitrogens with one attached hydrogen (secondary N) is 1. The Balaban J connectivity index is 1.78. The van der Waals surface area contributed by atoms with E-state index >= 15 is 0 Å². The van der Waals surface area contributed by atoms with Gasteiger partial charge in [-0.3, -0.25) is 4.90 Å². The van der Waals surface area contributed by atoms with Gasteiger partial charge in [-0.2, -0.15) is 0 Å². The Morgan fingerprint density at radius 2 is 2.28 bits per heavy atom. The van der Waals surface area contributed by atoms with Crippen LogP contribution in [0.15, 0.2) is 24.3 Å². The SMILES string of the molecule is CCN(CCOc1ccccc1F)C1CCNC1. The Labute approximate surface area is 108 Å². The zero-order chi connectivity index (χ0) is 12.8. The molecule has 1 N–H and O–H groups in total. The quantitative estimate of drug-likeness (QED) is 0.836. The van der Waals surface area contributed by atoms with Crippen molar-refractivity contribution in [2.75, 3.05) is 32.8 Å². The van der Waals surface area contributed by atoms with E-state index in [2.05, 4.69) is 17.1 Å². The van der Waals surface area contributed by atoms with Gasteiger partial charge in [0.15, 0.2) is 11.6 Å². The Hall–Kier alpha value is -1.13. The second-order valence-corrected chi connectivity index (χ2v) is 4.55. The molecule has 4 heteroatoms. The van der Waals surface area contributed by atoms with Gasteiger partial charge in [0, 0.05) is 19.1 Å². The van der Waals surface area contributed by atoms with Gasteiger partial charge in [0.2, 0.25) is 0 Å². The normalized spacial score (nSPS) is 19.4. The fourth-order valence-electron chi connectivity index (χ4n) is 2.38. The van der Waals surface area contributed by atoms with Crippen LogP contribution >= 0.6 is 0 Å². The molecule has 1 aromatic rings. The third-order valence-electron chi connectivity index (χ3n) is 3.43. The lowest BCUT2D eigenvalue weighted by atomic mass is 10.2. The molecule has 0 aliphatic carbocycles. The van der Waals surface area contributed by atoms with Gasteiger partial charge in [-0.05, 0) is 31.6 Å². The molecule has 0 radical (unpaired) electrons. The molecule has 1 saturated heterocycles. The first-order valence-corrected chi connectivity index (χ1v) is 6.63. The highest BCUT2D eigenvalue weighted by Crippen LogP contribution is 2.15. The molecule has 1 heterocycles. The molecule has 1 aromatic carbocycles. The van der Waals surface area contributed by atoms with Gasteiger partial charge >= 0.3 is 0 Å². The van der Waals surface area contributed by atoms with E-state index in [4.69, 9.17) is 4.74 Å². The van der Waals surface area contributed by atoms with Crippen LogP contribution < -0.4 is 10.1 Å². The summed E-state index contributed by atoms with van der Waals surface area (Å²) in [5.41, 5.74) is 0. The van der Waals surface area contributed by atoms with Gasteiger partial charge in [0.25, 0.3) is 0 Å². The Bertz CT molecular complexity index is 367. The highest BCUT2D eigenvalue weighted by molar-refractivity contribution is 5.23. The number of halogens is 1. The summed E-state index contributed by atoms with van der Waals surface area (Å²) in [6.07, 6.45) is 1.19. The van der Waals surface area contributed by atoms with E-state index in [9.17, 15) is 4.39 Å². The summed E-state index contributed by atoms with van der Waals surface area (Å²) < 4.78 is 18.8. The number of benzene rings is 1. The first-order valence-electron chi connectivity index (χ1n) is 6.63. The molecule has 0 bridgehead atoms. The zero-order valence-corrected chi connectivity index (χ0v) is 10.9. The average molecular weight is 252 g/mol. The lowest BCUT2D eigenvalue weighted by Crippen LogP contribution is -2.39. The van der Waals surface area contributed by atoms with Crippen molar-refractivity contribution in [3.05, 3.63) is 30.1 Å². The molecule has 0 amide bonds. The summed E-state index contributed by atoms with van der Waals surface area (Å²) in [4.78, 5) is 2.39. The molecule has 1 aliphatic rings. The van der Waals surface area contributed by atoms with Gasteiger partial charge in [0.05, 0.1) is 0 Å². The predicted octanol–water partition coefficient (Wildman–Crippen LogP) is 1.89. The summed E-state index contributed by atoms with van der Waals surface area (Å²) >= 11 is 0. The number of likely N-dealkylation sites (N-methyl/N-ethyl adjacent to an activating group) is 1. The van der Waals surface area contributed by atoms with Gasteiger partial charge in [-0.25, -0.2) is 4.39 Å².